The second-order valence-corrected chi connectivity index (χ2v) is 7.53. The number of aliphatic carboxylic acids is 1. The second kappa shape index (κ2) is 9.59. The Morgan fingerprint density at radius 3 is 2.47 bits per heavy atom. The van der Waals surface area contributed by atoms with Crippen molar-refractivity contribution in [2.45, 2.75) is 39.8 Å². The molecule has 30 heavy (non-hydrogen) atoms. The molecule has 1 N–H and O–H groups in total. The number of nitrogens with zero attached hydrogens (tertiary/aromatic N) is 2. The predicted octanol–water partition coefficient (Wildman–Crippen LogP) is 4.11. The SMILES string of the molecule is Cc1nn(Cc2ccc(CC(=O)OCc3ccccc3)cc2Cl)c(C)c1CC(=O)O. The van der Waals surface area contributed by atoms with Gasteiger partial charge < -0.3 is 9.84 Å². The fraction of sp³-hybridized carbons (Fsp3) is 0.261. The van der Waals surface area contributed by atoms with E-state index < -0.39 is 5.97 Å². The van der Waals surface area contributed by atoms with E-state index in [-0.39, 0.29) is 25.4 Å². The van der Waals surface area contributed by atoms with Gasteiger partial charge in [-0.25, -0.2) is 0 Å². The van der Waals surface area contributed by atoms with Gasteiger partial charge in [0, 0.05) is 16.3 Å². The van der Waals surface area contributed by atoms with Crippen molar-refractivity contribution in [3.8, 4) is 0 Å². The molecule has 3 aromatic rings. The molecule has 0 spiro atoms. The summed E-state index contributed by atoms with van der Waals surface area (Å²) >= 11 is 6.43. The molecule has 1 aromatic heterocycles. The zero-order valence-corrected chi connectivity index (χ0v) is 17.6. The number of carbonyl (C=O) groups is 2. The highest BCUT2D eigenvalue weighted by Crippen LogP contribution is 2.22. The molecular formula is C23H23ClN2O4. The molecule has 0 aliphatic heterocycles. The molecule has 0 saturated heterocycles. The molecule has 3 rings (SSSR count). The third-order valence-corrected chi connectivity index (χ3v) is 5.24. The van der Waals surface area contributed by atoms with Crippen molar-refractivity contribution in [1.29, 1.82) is 0 Å². The lowest BCUT2D eigenvalue weighted by molar-refractivity contribution is -0.144. The molecule has 156 valence electrons. The van der Waals surface area contributed by atoms with Gasteiger partial charge in [-0.05, 0) is 36.6 Å². The number of carbonyl (C=O) groups excluding carboxylic acids is 1. The molecule has 0 saturated carbocycles. The molecule has 2 aromatic carbocycles. The molecule has 0 fully saturated rings. The van der Waals surface area contributed by atoms with E-state index in [0.717, 1.165) is 27.9 Å². The zero-order chi connectivity index (χ0) is 21.7. The van der Waals surface area contributed by atoms with Crippen LogP contribution in [-0.2, 0) is 40.3 Å². The number of ether oxygens (including phenoxy) is 1. The van der Waals surface area contributed by atoms with Crippen LogP contribution in [0.5, 0.6) is 0 Å². The van der Waals surface area contributed by atoms with Gasteiger partial charge in [0.2, 0.25) is 0 Å². The number of aromatic nitrogens is 2. The number of carboxylic acid groups (broad SMARTS) is 1. The molecule has 0 amide bonds. The largest absolute Gasteiger partial charge is 0.481 e. The van der Waals surface area contributed by atoms with Crippen molar-refractivity contribution in [2.24, 2.45) is 0 Å². The number of halogens is 1. The van der Waals surface area contributed by atoms with Crippen LogP contribution in [0.4, 0.5) is 0 Å². The van der Waals surface area contributed by atoms with Crippen LogP contribution in [0.25, 0.3) is 0 Å². The van der Waals surface area contributed by atoms with E-state index in [1.54, 1.807) is 17.7 Å². The Hall–Kier alpha value is -3.12. The van der Waals surface area contributed by atoms with E-state index >= 15 is 0 Å². The number of esters is 1. The normalized spacial score (nSPS) is 10.8. The van der Waals surface area contributed by atoms with Gasteiger partial charge in [0.25, 0.3) is 0 Å². The Kier molecular flexibility index (Phi) is 6.90. The van der Waals surface area contributed by atoms with Crippen LogP contribution in [0.2, 0.25) is 5.02 Å². The van der Waals surface area contributed by atoms with Crippen LogP contribution in [-0.4, -0.2) is 26.8 Å². The van der Waals surface area contributed by atoms with Gasteiger partial charge in [0.1, 0.15) is 6.61 Å². The van der Waals surface area contributed by atoms with Gasteiger partial charge in [0.15, 0.2) is 0 Å². The molecule has 6 nitrogen and oxygen atoms in total. The average molecular weight is 427 g/mol. The molecule has 0 atom stereocenters. The first-order valence-corrected chi connectivity index (χ1v) is 9.93. The maximum atomic E-state index is 12.1. The Morgan fingerprint density at radius 2 is 1.80 bits per heavy atom. The first-order valence-electron chi connectivity index (χ1n) is 9.55. The van der Waals surface area contributed by atoms with Gasteiger partial charge in [-0.3, -0.25) is 14.3 Å². The maximum Gasteiger partial charge on any atom is 0.310 e. The minimum atomic E-state index is -0.887. The quantitative estimate of drug-likeness (QED) is 0.548. The first-order chi connectivity index (χ1) is 14.3. The Labute approximate surface area is 180 Å². The fourth-order valence-electron chi connectivity index (χ4n) is 3.24. The molecule has 1 heterocycles. The Bertz CT molecular complexity index is 1060. The highest BCUT2D eigenvalue weighted by Gasteiger charge is 2.16. The zero-order valence-electron chi connectivity index (χ0n) is 16.9. The number of rotatable bonds is 8. The topological polar surface area (TPSA) is 81.4 Å². The Morgan fingerprint density at radius 1 is 1.07 bits per heavy atom. The lowest BCUT2D eigenvalue weighted by Crippen LogP contribution is -2.09. The van der Waals surface area contributed by atoms with Crippen molar-refractivity contribution < 1.29 is 19.4 Å². The predicted molar refractivity (Wildman–Crippen MR) is 114 cm³/mol. The first kappa shape index (κ1) is 21.6. The van der Waals surface area contributed by atoms with Gasteiger partial charge in [0.05, 0.1) is 25.1 Å². The lowest BCUT2D eigenvalue weighted by Gasteiger charge is -2.10. The van der Waals surface area contributed by atoms with Crippen molar-refractivity contribution >= 4 is 23.5 Å². The minimum absolute atomic E-state index is 0.0601. The molecule has 7 heteroatoms. The standard InChI is InChI=1S/C23H23ClN2O4/c1-15-20(12-22(27)28)16(2)26(25-15)13-19-9-8-18(10-21(19)24)11-23(29)30-14-17-6-4-3-5-7-17/h3-10H,11-14H2,1-2H3,(H,27,28). The van der Waals surface area contributed by atoms with E-state index in [9.17, 15) is 9.59 Å². The van der Waals surface area contributed by atoms with Crippen LogP contribution < -0.4 is 0 Å². The number of aryl methyl sites for hydroxylation is 1. The van der Waals surface area contributed by atoms with E-state index in [4.69, 9.17) is 21.4 Å². The van der Waals surface area contributed by atoms with E-state index in [1.165, 1.54) is 0 Å². The van der Waals surface area contributed by atoms with E-state index in [2.05, 4.69) is 5.10 Å². The number of hydrogen-bond acceptors (Lipinski definition) is 4. The summed E-state index contributed by atoms with van der Waals surface area (Å²) in [6.07, 6.45) is 0.0743. The van der Waals surface area contributed by atoms with Crippen LogP contribution in [0, 0.1) is 13.8 Å². The molecule has 0 bridgehead atoms. The van der Waals surface area contributed by atoms with Gasteiger partial charge in [-0.15, -0.1) is 0 Å². The summed E-state index contributed by atoms with van der Waals surface area (Å²) in [5.41, 5.74) is 4.76. The molecule has 0 aliphatic carbocycles. The van der Waals surface area contributed by atoms with Crippen molar-refractivity contribution in [1.82, 2.24) is 9.78 Å². The fourth-order valence-corrected chi connectivity index (χ4v) is 3.50. The smallest absolute Gasteiger partial charge is 0.310 e. The van der Waals surface area contributed by atoms with E-state index in [1.807, 2.05) is 49.4 Å². The summed E-state index contributed by atoms with van der Waals surface area (Å²) in [6, 6.07) is 15.0. The third-order valence-electron chi connectivity index (χ3n) is 4.89. The van der Waals surface area contributed by atoms with Gasteiger partial charge >= 0.3 is 11.9 Å². The summed E-state index contributed by atoms with van der Waals surface area (Å²) < 4.78 is 7.07. The molecule has 0 radical (unpaired) electrons. The van der Waals surface area contributed by atoms with Crippen LogP contribution in [0.15, 0.2) is 48.5 Å². The average Bonchev–Trinajstić information content (AvgIpc) is 2.96. The molecular weight excluding hydrogens is 404 g/mol. The van der Waals surface area contributed by atoms with Gasteiger partial charge in [-0.1, -0.05) is 54.1 Å². The number of hydrogen-bond donors (Lipinski definition) is 1. The maximum absolute atomic E-state index is 12.1. The monoisotopic (exact) mass is 426 g/mol. The van der Waals surface area contributed by atoms with Crippen molar-refractivity contribution in [2.75, 3.05) is 0 Å². The van der Waals surface area contributed by atoms with E-state index in [0.29, 0.717) is 17.3 Å². The van der Waals surface area contributed by atoms with Crippen LogP contribution in [0.1, 0.15) is 33.6 Å². The highest BCUT2D eigenvalue weighted by molar-refractivity contribution is 6.31. The van der Waals surface area contributed by atoms with Crippen LogP contribution >= 0.6 is 11.6 Å². The highest BCUT2D eigenvalue weighted by atomic mass is 35.5. The van der Waals surface area contributed by atoms with Crippen LogP contribution in [0.3, 0.4) is 0 Å². The summed E-state index contributed by atoms with van der Waals surface area (Å²) in [5, 5.41) is 14.0. The minimum Gasteiger partial charge on any atom is -0.481 e. The van der Waals surface area contributed by atoms with Gasteiger partial charge in [-0.2, -0.15) is 5.10 Å². The number of carboxylic acids is 1. The van der Waals surface area contributed by atoms with Crippen molar-refractivity contribution in [3.63, 3.8) is 0 Å². The summed E-state index contributed by atoms with van der Waals surface area (Å²) in [5.74, 6) is -1.21. The van der Waals surface area contributed by atoms with Crippen molar-refractivity contribution in [3.05, 3.63) is 87.2 Å². The third kappa shape index (κ3) is 5.48. The summed E-state index contributed by atoms with van der Waals surface area (Å²) in [7, 11) is 0. The molecule has 0 aliphatic rings. The lowest BCUT2D eigenvalue weighted by atomic mass is 10.1. The molecule has 0 unspecified atom stereocenters. The summed E-state index contributed by atoms with van der Waals surface area (Å²) in [6.45, 7) is 4.31. The Balaban J connectivity index is 1.64. The summed E-state index contributed by atoms with van der Waals surface area (Å²) in [4.78, 5) is 23.2. The second-order valence-electron chi connectivity index (χ2n) is 7.13. The number of benzene rings is 2.